The fourth-order valence-corrected chi connectivity index (χ4v) is 6.03. The average Bonchev–Trinajstić information content (AvgIpc) is 2.92. The van der Waals surface area contributed by atoms with E-state index < -0.39 is 0 Å². The van der Waals surface area contributed by atoms with Gasteiger partial charge >= 0.3 is 0 Å². The van der Waals surface area contributed by atoms with Crippen molar-refractivity contribution in [3.05, 3.63) is 132 Å². The summed E-state index contributed by atoms with van der Waals surface area (Å²) in [6, 6.07) is 43.5. The Kier molecular flexibility index (Phi) is 4.62. The highest BCUT2D eigenvalue weighted by atomic mass is 16.5. The molecule has 36 heavy (non-hydrogen) atoms. The SMILES string of the molecule is CC1(C)c2ccccc2N(c2ccc(B3c4ccccc4Oc4ccccc43)cc2)c2ccccc21. The maximum atomic E-state index is 6.24. The summed E-state index contributed by atoms with van der Waals surface area (Å²) in [5, 5.41) is 0. The fraction of sp³-hybridized carbons (Fsp3) is 0.0909. The van der Waals surface area contributed by atoms with E-state index in [0.717, 1.165) is 11.5 Å². The minimum Gasteiger partial charge on any atom is -0.458 e. The van der Waals surface area contributed by atoms with Crippen LogP contribution in [-0.4, -0.2) is 6.71 Å². The lowest BCUT2D eigenvalue weighted by atomic mass is 9.36. The number of hydrogen-bond acceptors (Lipinski definition) is 2. The lowest BCUT2D eigenvalue weighted by Crippen LogP contribution is -2.54. The van der Waals surface area contributed by atoms with Crippen LogP contribution in [0.15, 0.2) is 121 Å². The lowest BCUT2D eigenvalue weighted by molar-refractivity contribution is 0.487. The normalized spacial score (nSPS) is 14.7. The van der Waals surface area contributed by atoms with Crippen LogP contribution in [0.25, 0.3) is 0 Å². The summed E-state index contributed by atoms with van der Waals surface area (Å²) in [6.07, 6.45) is 0. The Balaban J connectivity index is 1.36. The van der Waals surface area contributed by atoms with Crippen LogP contribution in [0, 0.1) is 0 Å². The summed E-state index contributed by atoms with van der Waals surface area (Å²) < 4.78 is 6.24. The molecule has 0 saturated heterocycles. The van der Waals surface area contributed by atoms with Crippen LogP contribution in [0.3, 0.4) is 0 Å². The van der Waals surface area contributed by atoms with Gasteiger partial charge in [0, 0.05) is 11.1 Å². The average molecular weight is 463 g/mol. The molecule has 2 aliphatic rings. The predicted octanol–water partition coefficient (Wildman–Crippen LogP) is 6.42. The van der Waals surface area contributed by atoms with Gasteiger partial charge in [-0.2, -0.15) is 0 Å². The highest BCUT2D eigenvalue weighted by Gasteiger charge is 2.37. The molecule has 0 bridgehead atoms. The zero-order valence-electron chi connectivity index (χ0n) is 20.5. The number of anilines is 3. The summed E-state index contributed by atoms with van der Waals surface area (Å²) in [4.78, 5) is 2.41. The molecule has 0 aliphatic carbocycles. The largest absolute Gasteiger partial charge is 0.458 e. The second kappa shape index (κ2) is 7.89. The van der Waals surface area contributed by atoms with Gasteiger partial charge < -0.3 is 9.64 Å². The Labute approximate surface area is 212 Å². The topological polar surface area (TPSA) is 12.5 Å². The Morgan fingerprint density at radius 3 is 1.58 bits per heavy atom. The van der Waals surface area contributed by atoms with Crippen LogP contribution in [0.2, 0.25) is 0 Å². The maximum absolute atomic E-state index is 6.24. The van der Waals surface area contributed by atoms with Gasteiger partial charge in [-0.25, -0.2) is 0 Å². The Morgan fingerprint density at radius 1 is 0.556 bits per heavy atom. The second-order valence-electron chi connectivity index (χ2n) is 10.2. The van der Waals surface area contributed by atoms with Crippen LogP contribution >= 0.6 is 0 Å². The molecule has 3 heteroatoms. The Morgan fingerprint density at radius 2 is 1.03 bits per heavy atom. The van der Waals surface area contributed by atoms with E-state index in [9.17, 15) is 0 Å². The Hall–Kier alpha value is -4.24. The number of hydrogen-bond donors (Lipinski definition) is 0. The molecule has 2 aliphatic heterocycles. The van der Waals surface area contributed by atoms with Crippen molar-refractivity contribution >= 4 is 40.2 Å². The van der Waals surface area contributed by atoms with E-state index in [0.29, 0.717) is 0 Å². The molecule has 0 radical (unpaired) electrons. The molecule has 0 N–H and O–H groups in total. The van der Waals surface area contributed by atoms with Crippen LogP contribution in [0.1, 0.15) is 25.0 Å². The van der Waals surface area contributed by atoms with Crippen molar-refractivity contribution in [2.24, 2.45) is 0 Å². The monoisotopic (exact) mass is 463 g/mol. The molecule has 7 rings (SSSR count). The molecule has 0 fully saturated rings. The third kappa shape index (κ3) is 3.06. The minimum absolute atomic E-state index is 0.0564. The molecular formula is C33H26BNO. The molecule has 2 nitrogen and oxygen atoms in total. The molecule has 172 valence electrons. The smallest absolute Gasteiger partial charge is 0.250 e. The van der Waals surface area contributed by atoms with Gasteiger partial charge in [-0.1, -0.05) is 104 Å². The molecule has 0 spiro atoms. The van der Waals surface area contributed by atoms with Gasteiger partial charge in [-0.3, -0.25) is 0 Å². The van der Waals surface area contributed by atoms with Crippen molar-refractivity contribution in [1.82, 2.24) is 0 Å². The van der Waals surface area contributed by atoms with Crippen molar-refractivity contribution < 1.29 is 4.74 Å². The van der Waals surface area contributed by atoms with Crippen molar-refractivity contribution in [3.63, 3.8) is 0 Å². The van der Waals surface area contributed by atoms with Crippen molar-refractivity contribution in [3.8, 4) is 11.5 Å². The number of rotatable bonds is 2. The van der Waals surface area contributed by atoms with E-state index in [1.165, 1.54) is 44.6 Å². The number of para-hydroxylation sites is 4. The van der Waals surface area contributed by atoms with Crippen LogP contribution in [0.4, 0.5) is 17.1 Å². The van der Waals surface area contributed by atoms with E-state index in [4.69, 9.17) is 4.74 Å². The van der Waals surface area contributed by atoms with Gasteiger partial charge in [-0.05, 0) is 58.5 Å². The summed E-state index contributed by atoms with van der Waals surface area (Å²) in [6.45, 7) is 4.79. The van der Waals surface area contributed by atoms with Gasteiger partial charge in [0.2, 0.25) is 0 Å². The van der Waals surface area contributed by atoms with E-state index >= 15 is 0 Å². The number of nitrogens with zero attached hydrogens (tertiary/aromatic N) is 1. The van der Waals surface area contributed by atoms with Gasteiger partial charge in [0.1, 0.15) is 11.5 Å². The van der Waals surface area contributed by atoms with Crippen molar-refractivity contribution in [1.29, 1.82) is 0 Å². The highest BCUT2D eigenvalue weighted by molar-refractivity contribution is 6.96. The number of fused-ring (bicyclic) bond motifs is 4. The number of ether oxygens (including phenoxy) is 1. The minimum atomic E-state index is -0.0564. The summed E-state index contributed by atoms with van der Waals surface area (Å²) >= 11 is 0. The third-order valence-electron chi connectivity index (χ3n) is 7.80. The van der Waals surface area contributed by atoms with E-state index in [2.05, 4.69) is 128 Å². The summed E-state index contributed by atoms with van der Waals surface area (Å²) in [7, 11) is 0. The zero-order chi connectivity index (χ0) is 24.3. The van der Waals surface area contributed by atoms with E-state index in [-0.39, 0.29) is 12.1 Å². The van der Waals surface area contributed by atoms with E-state index in [1.54, 1.807) is 0 Å². The first-order chi connectivity index (χ1) is 17.6. The first kappa shape index (κ1) is 21.1. The van der Waals surface area contributed by atoms with E-state index in [1.807, 2.05) is 12.1 Å². The van der Waals surface area contributed by atoms with Crippen molar-refractivity contribution in [2.75, 3.05) is 4.90 Å². The zero-order valence-corrected chi connectivity index (χ0v) is 20.5. The molecule has 0 unspecified atom stereocenters. The maximum Gasteiger partial charge on any atom is 0.250 e. The lowest BCUT2D eigenvalue weighted by Gasteiger charge is -2.42. The molecule has 0 atom stereocenters. The van der Waals surface area contributed by atoms with Gasteiger partial charge in [-0.15, -0.1) is 0 Å². The standard InChI is InChI=1S/C33H26BNO/c1-33(2)25-11-3-7-15-29(25)35(30-16-8-4-12-26(30)33)24-21-19-23(20-22-24)34-27-13-5-9-17-31(27)36-32-18-10-6-14-28(32)34/h3-22H,1-2H3. The molecule has 0 saturated carbocycles. The number of benzene rings is 5. The molecule has 0 aromatic heterocycles. The molecular weight excluding hydrogens is 437 g/mol. The Bertz CT molecular complexity index is 1510. The second-order valence-corrected chi connectivity index (χ2v) is 10.2. The summed E-state index contributed by atoms with van der Waals surface area (Å²) in [5.41, 5.74) is 9.98. The molecule has 5 aromatic carbocycles. The van der Waals surface area contributed by atoms with Crippen molar-refractivity contribution in [2.45, 2.75) is 19.3 Å². The van der Waals surface area contributed by atoms with Crippen LogP contribution in [-0.2, 0) is 5.41 Å². The molecule has 5 aromatic rings. The van der Waals surface area contributed by atoms with Crippen LogP contribution < -0.4 is 26.0 Å². The third-order valence-corrected chi connectivity index (χ3v) is 7.80. The van der Waals surface area contributed by atoms with Gasteiger partial charge in [0.25, 0.3) is 6.71 Å². The molecule has 0 amide bonds. The molecule has 2 heterocycles. The van der Waals surface area contributed by atoms with Crippen LogP contribution in [0.5, 0.6) is 11.5 Å². The predicted molar refractivity (Wildman–Crippen MR) is 151 cm³/mol. The first-order valence-electron chi connectivity index (χ1n) is 12.6. The first-order valence-corrected chi connectivity index (χ1v) is 12.6. The fourth-order valence-electron chi connectivity index (χ4n) is 6.03. The summed E-state index contributed by atoms with van der Waals surface area (Å²) in [5.74, 6) is 1.87. The van der Waals surface area contributed by atoms with Gasteiger partial charge in [0.15, 0.2) is 0 Å². The van der Waals surface area contributed by atoms with Gasteiger partial charge in [0.05, 0.1) is 11.4 Å². The highest BCUT2D eigenvalue weighted by Crippen LogP contribution is 2.51. The quantitative estimate of drug-likeness (QED) is 0.275.